The first kappa shape index (κ1) is 16.2. The number of para-hydroxylation sites is 2. The highest BCUT2D eigenvalue weighted by Crippen LogP contribution is 2.27. The molecule has 4 rings (SSSR count). The molecule has 0 unspecified atom stereocenters. The predicted octanol–water partition coefficient (Wildman–Crippen LogP) is 3.55. The Hall–Kier alpha value is -3.33. The second-order valence-corrected chi connectivity index (χ2v) is 6.40. The third kappa shape index (κ3) is 3.24. The van der Waals surface area contributed by atoms with Crippen LogP contribution in [0.5, 0.6) is 0 Å². The van der Waals surface area contributed by atoms with Gasteiger partial charge in [-0.05, 0) is 49.2 Å². The average molecular weight is 346 g/mol. The lowest BCUT2D eigenvalue weighted by Gasteiger charge is -2.30. The number of piperidine rings is 1. The lowest BCUT2D eigenvalue weighted by molar-refractivity contribution is -0.120. The van der Waals surface area contributed by atoms with Crippen molar-refractivity contribution in [3.63, 3.8) is 0 Å². The van der Waals surface area contributed by atoms with Crippen LogP contribution in [0.2, 0.25) is 0 Å². The third-order valence-corrected chi connectivity index (χ3v) is 4.70. The number of anilines is 2. The molecule has 0 spiro atoms. The fourth-order valence-electron chi connectivity index (χ4n) is 3.20. The Kier molecular flexibility index (Phi) is 4.28. The molecule has 0 bridgehead atoms. The summed E-state index contributed by atoms with van der Waals surface area (Å²) in [7, 11) is 0. The zero-order valence-electron chi connectivity index (χ0n) is 14.2. The number of aromatic nitrogens is 1. The molecule has 0 aliphatic carbocycles. The maximum atomic E-state index is 12.5. The molecule has 3 aromatic rings. The summed E-state index contributed by atoms with van der Waals surface area (Å²) in [6.07, 6.45) is 1.50. The van der Waals surface area contributed by atoms with E-state index >= 15 is 0 Å². The number of nitrogens with one attached hydrogen (secondary N) is 1. The molecule has 1 aromatic heterocycles. The summed E-state index contributed by atoms with van der Waals surface area (Å²) in [6.45, 7) is 1.47. The van der Waals surface area contributed by atoms with Crippen LogP contribution >= 0.6 is 0 Å². The van der Waals surface area contributed by atoms with Crippen LogP contribution in [0.25, 0.3) is 11.1 Å². The van der Waals surface area contributed by atoms with E-state index in [0.717, 1.165) is 42.7 Å². The molecule has 26 heavy (non-hydrogen) atoms. The van der Waals surface area contributed by atoms with Crippen LogP contribution in [0.1, 0.15) is 18.4 Å². The topological polar surface area (TPSA) is 82.2 Å². The maximum Gasteiger partial charge on any atom is 0.298 e. The number of carbonyl (C=O) groups is 1. The highest BCUT2D eigenvalue weighted by Gasteiger charge is 2.27. The van der Waals surface area contributed by atoms with E-state index in [2.05, 4.69) is 21.3 Å². The molecule has 0 radical (unpaired) electrons. The molecule has 1 saturated heterocycles. The normalized spacial score (nSPS) is 15.0. The number of carbonyl (C=O) groups excluding carboxylic acids is 1. The van der Waals surface area contributed by atoms with Crippen LogP contribution < -0.4 is 10.2 Å². The maximum absolute atomic E-state index is 12.5. The lowest BCUT2D eigenvalue weighted by atomic mass is 9.96. The molecule has 2 heterocycles. The van der Waals surface area contributed by atoms with Gasteiger partial charge in [0.25, 0.3) is 6.01 Å². The highest BCUT2D eigenvalue weighted by molar-refractivity contribution is 5.92. The second kappa shape index (κ2) is 6.89. The van der Waals surface area contributed by atoms with Gasteiger partial charge in [0.2, 0.25) is 5.91 Å². The van der Waals surface area contributed by atoms with Crippen molar-refractivity contribution in [3.05, 3.63) is 54.1 Å². The summed E-state index contributed by atoms with van der Waals surface area (Å²) >= 11 is 0. The van der Waals surface area contributed by atoms with Gasteiger partial charge in [-0.3, -0.25) is 4.79 Å². The van der Waals surface area contributed by atoms with E-state index in [4.69, 9.17) is 9.68 Å². The Morgan fingerprint density at radius 1 is 1.15 bits per heavy atom. The van der Waals surface area contributed by atoms with E-state index in [-0.39, 0.29) is 11.8 Å². The molecule has 6 nitrogen and oxygen atoms in total. The molecular formula is C20H18N4O2. The van der Waals surface area contributed by atoms with Gasteiger partial charge >= 0.3 is 0 Å². The van der Waals surface area contributed by atoms with Crippen molar-refractivity contribution in [2.75, 3.05) is 23.3 Å². The zero-order valence-corrected chi connectivity index (χ0v) is 14.2. The van der Waals surface area contributed by atoms with Crippen LogP contribution in [-0.4, -0.2) is 24.0 Å². The van der Waals surface area contributed by atoms with E-state index in [0.29, 0.717) is 11.6 Å². The smallest absolute Gasteiger partial charge is 0.298 e. The van der Waals surface area contributed by atoms with Crippen LogP contribution in [0.15, 0.2) is 52.9 Å². The number of hydrogen-bond acceptors (Lipinski definition) is 5. The van der Waals surface area contributed by atoms with Crippen molar-refractivity contribution < 1.29 is 9.21 Å². The number of nitrogens with zero attached hydrogens (tertiary/aromatic N) is 3. The SMILES string of the molecule is N#Cc1ccc(NC(=O)C2CCN(c3nc4ccccc4o3)CC2)cc1. The lowest BCUT2D eigenvalue weighted by Crippen LogP contribution is -2.38. The van der Waals surface area contributed by atoms with Crippen molar-refractivity contribution >= 4 is 28.7 Å². The quantitative estimate of drug-likeness (QED) is 0.784. The fraction of sp³-hybridized carbons (Fsp3) is 0.250. The van der Waals surface area contributed by atoms with Gasteiger partial charge in [-0.1, -0.05) is 12.1 Å². The minimum atomic E-state index is -0.0359. The van der Waals surface area contributed by atoms with E-state index in [1.807, 2.05) is 24.3 Å². The number of fused-ring (bicyclic) bond motifs is 1. The molecule has 0 atom stereocenters. The van der Waals surface area contributed by atoms with E-state index in [9.17, 15) is 4.79 Å². The number of oxazole rings is 1. The zero-order chi connectivity index (χ0) is 17.9. The minimum Gasteiger partial charge on any atom is -0.423 e. The molecule has 1 N–H and O–H groups in total. The van der Waals surface area contributed by atoms with Gasteiger partial charge in [0.05, 0.1) is 11.6 Å². The standard InChI is InChI=1S/C20H18N4O2/c21-13-14-5-7-16(8-6-14)22-19(25)15-9-11-24(12-10-15)20-23-17-3-1-2-4-18(17)26-20/h1-8,15H,9-12H2,(H,22,25). The molecule has 1 fully saturated rings. The van der Waals surface area contributed by atoms with Gasteiger partial charge in [-0.25, -0.2) is 0 Å². The number of benzene rings is 2. The second-order valence-electron chi connectivity index (χ2n) is 6.40. The highest BCUT2D eigenvalue weighted by atomic mass is 16.4. The molecule has 1 aliphatic heterocycles. The Balaban J connectivity index is 1.36. The molecule has 1 aliphatic rings. The summed E-state index contributed by atoms with van der Waals surface area (Å²) in [6, 6.07) is 17.3. The average Bonchev–Trinajstić information content (AvgIpc) is 3.13. The van der Waals surface area contributed by atoms with E-state index in [1.165, 1.54) is 0 Å². The summed E-state index contributed by atoms with van der Waals surface area (Å²) in [5.41, 5.74) is 2.93. The van der Waals surface area contributed by atoms with Crippen LogP contribution in [0.3, 0.4) is 0 Å². The molecule has 0 saturated carbocycles. The largest absolute Gasteiger partial charge is 0.423 e. The fourth-order valence-corrected chi connectivity index (χ4v) is 3.20. The van der Waals surface area contributed by atoms with Crippen molar-refractivity contribution in [2.45, 2.75) is 12.8 Å². The first-order chi connectivity index (χ1) is 12.7. The van der Waals surface area contributed by atoms with Gasteiger partial charge in [0, 0.05) is 24.7 Å². The van der Waals surface area contributed by atoms with Gasteiger partial charge in [-0.15, -0.1) is 0 Å². The molecule has 130 valence electrons. The summed E-state index contributed by atoms with van der Waals surface area (Å²) in [4.78, 5) is 19.1. The molecule has 2 aromatic carbocycles. The predicted molar refractivity (Wildman–Crippen MR) is 98.7 cm³/mol. The number of amides is 1. The summed E-state index contributed by atoms with van der Waals surface area (Å²) < 4.78 is 5.81. The van der Waals surface area contributed by atoms with Crippen molar-refractivity contribution in [1.82, 2.24) is 4.98 Å². The Morgan fingerprint density at radius 2 is 1.88 bits per heavy atom. The van der Waals surface area contributed by atoms with E-state index in [1.54, 1.807) is 24.3 Å². The van der Waals surface area contributed by atoms with Gasteiger partial charge < -0.3 is 14.6 Å². The van der Waals surface area contributed by atoms with E-state index < -0.39 is 0 Å². The number of hydrogen-bond donors (Lipinski definition) is 1. The molecular weight excluding hydrogens is 328 g/mol. The van der Waals surface area contributed by atoms with Crippen LogP contribution in [0, 0.1) is 17.2 Å². The molecule has 1 amide bonds. The Bertz CT molecular complexity index is 930. The van der Waals surface area contributed by atoms with Crippen molar-refractivity contribution in [3.8, 4) is 6.07 Å². The van der Waals surface area contributed by atoms with Crippen LogP contribution in [0.4, 0.5) is 11.7 Å². The Morgan fingerprint density at radius 3 is 2.58 bits per heavy atom. The monoisotopic (exact) mass is 346 g/mol. The third-order valence-electron chi connectivity index (χ3n) is 4.70. The Labute approximate surface area is 151 Å². The minimum absolute atomic E-state index is 0.0203. The van der Waals surface area contributed by atoms with Crippen molar-refractivity contribution in [2.24, 2.45) is 5.92 Å². The first-order valence-electron chi connectivity index (χ1n) is 8.64. The van der Waals surface area contributed by atoms with Crippen LogP contribution in [-0.2, 0) is 4.79 Å². The van der Waals surface area contributed by atoms with Gasteiger partial charge in [0.1, 0.15) is 5.52 Å². The van der Waals surface area contributed by atoms with Gasteiger partial charge in [-0.2, -0.15) is 10.2 Å². The number of nitriles is 1. The molecule has 6 heteroatoms. The van der Waals surface area contributed by atoms with Gasteiger partial charge in [0.15, 0.2) is 5.58 Å². The van der Waals surface area contributed by atoms with Crippen molar-refractivity contribution in [1.29, 1.82) is 5.26 Å². The summed E-state index contributed by atoms with van der Waals surface area (Å²) in [5, 5.41) is 11.8. The summed E-state index contributed by atoms with van der Waals surface area (Å²) in [5.74, 6) is -0.0156. The number of rotatable bonds is 3. The first-order valence-corrected chi connectivity index (χ1v) is 8.64.